The summed E-state index contributed by atoms with van der Waals surface area (Å²) in [4.78, 5) is 25.5. The zero-order valence-corrected chi connectivity index (χ0v) is 11.4. The number of rotatable bonds is 4. The second-order valence-corrected chi connectivity index (χ2v) is 4.58. The van der Waals surface area contributed by atoms with Crippen LogP contribution in [-0.2, 0) is 14.3 Å². The molecule has 0 aromatic rings. The van der Waals surface area contributed by atoms with Crippen molar-refractivity contribution in [1.82, 2.24) is 10.2 Å². The van der Waals surface area contributed by atoms with Crippen molar-refractivity contribution in [2.75, 3.05) is 20.8 Å². The fraction of sp³-hybridized carbons (Fsp3) is 0.833. The maximum absolute atomic E-state index is 12.4. The van der Waals surface area contributed by atoms with Crippen LogP contribution < -0.4 is 5.32 Å². The molecule has 1 N–H and O–H groups in total. The normalized spacial score (nSPS) is 22.4. The molecule has 0 spiro atoms. The minimum absolute atomic E-state index is 0.111. The van der Waals surface area contributed by atoms with Gasteiger partial charge in [0, 0.05) is 19.7 Å². The highest BCUT2D eigenvalue weighted by Gasteiger charge is 2.35. The Bertz CT molecular complexity index is 308. The van der Waals surface area contributed by atoms with Crippen LogP contribution in [0.4, 0.5) is 4.79 Å². The number of hydrogen-bond donors (Lipinski definition) is 1. The summed E-state index contributed by atoms with van der Waals surface area (Å²) in [5, 5.41) is 2.54. The van der Waals surface area contributed by atoms with Crippen LogP contribution in [0.15, 0.2) is 0 Å². The number of amides is 2. The van der Waals surface area contributed by atoms with E-state index in [9.17, 15) is 9.59 Å². The van der Waals surface area contributed by atoms with Crippen molar-refractivity contribution >= 4 is 12.0 Å². The van der Waals surface area contributed by atoms with E-state index in [0.717, 1.165) is 19.4 Å². The molecule has 1 aliphatic rings. The standard InChI is InChI=1S/C12H22N2O4/c1-8-6-5-7-14(8)11(15)10(9(2)17-3)13-12(16)18-4/h8-10H,5-7H2,1-4H3,(H,13,16)/t8-,9+,10-/m0/s1. The molecule has 6 heteroatoms. The Morgan fingerprint density at radius 1 is 1.39 bits per heavy atom. The van der Waals surface area contributed by atoms with Gasteiger partial charge >= 0.3 is 6.09 Å². The van der Waals surface area contributed by atoms with Crippen LogP contribution in [-0.4, -0.2) is 55.9 Å². The van der Waals surface area contributed by atoms with Crippen molar-refractivity contribution in [3.8, 4) is 0 Å². The fourth-order valence-corrected chi connectivity index (χ4v) is 2.14. The lowest BCUT2D eigenvalue weighted by Crippen LogP contribution is -2.54. The molecule has 1 fully saturated rings. The SMILES string of the molecule is COC(=O)N[C@H](C(=O)N1CCC[C@@H]1C)[C@@H](C)OC. The summed E-state index contributed by atoms with van der Waals surface area (Å²) >= 11 is 0. The number of likely N-dealkylation sites (tertiary alicyclic amines) is 1. The van der Waals surface area contributed by atoms with E-state index < -0.39 is 18.2 Å². The van der Waals surface area contributed by atoms with E-state index >= 15 is 0 Å². The van der Waals surface area contributed by atoms with Crippen LogP contribution in [0.3, 0.4) is 0 Å². The van der Waals surface area contributed by atoms with Crippen LogP contribution in [0.25, 0.3) is 0 Å². The van der Waals surface area contributed by atoms with E-state index in [0.29, 0.717) is 0 Å². The molecule has 1 rings (SSSR count). The molecule has 1 saturated heterocycles. The monoisotopic (exact) mass is 258 g/mol. The van der Waals surface area contributed by atoms with Gasteiger partial charge < -0.3 is 19.7 Å². The van der Waals surface area contributed by atoms with Gasteiger partial charge in [0.1, 0.15) is 6.04 Å². The Morgan fingerprint density at radius 3 is 2.50 bits per heavy atom. The molecule has 1 aliphatic heterocycles. The van der Waals surface area contributed by atoms with Crippen molar-refractivity contribution in [3.05, 3.63) is 0 Å². The largest absolute Gasteiger partial charge is 0.453 e. The van der Waals surface area contributed by atoms with Gasteiger partial charge in [-0.25, -0.2) is 4.79 Å². The highest BCUT2D eigenvalue weighted by atomic mass is 16.5. The summed E-state index contributed by atoms with van der Waals surface area (Å²) in [6, 6.07) is -0.494. The Labute approximate surface area is 108 Å². The molecule has 1 heterocycles. The number of methoxy groups -OCH3 is 2. The second kappa shape index (κ2) is 6.58. The van der Waals surface area contributed by atoms with E-state index in [1.165, 1.54) is 14.2 Å². The maximum atomic E-state index is 12.4. The molecule has 18 heavy (non-hydrogen) atoms. The molecule has 3 atom stereocenters. The molecule has 0 saturated carbocycles. The third kappa shape index (κ3) is 3.35. The molecule has 0 bridgehead atoms. The highest BCUT2D eigenvalue weighted by Crippen LogP contribution is 2.18. The summed E-state index contributed by atoms with van der Waals surface area (Å²) < 4.78 is 9.69. The number of alkyl carbamates (subject to hydrolysis) is 1. The average molecular weight is 258 g/mol. The first-order valence-electron chi connectivity index (χ1n) is 6.19. The van der Waals surface area contributed by atoms with Gasteiger partial charge in [-0.2, -0.15) is 0 Å². The van der Waals surface area contributed by atoms with Gasteiger partial charge in [-0.3, -0.25) is 4.79 Å². The van der Waals surface area contributed by atoms with Gasteiger partial charge in [0.15, 0.2) is 0 Å². The van der Waals surface area contributed by atoms with E-state index in [1.807, 2.05) is 6.92 Å². The maximum Gasteiger partial charge on any atom is 0.407 e. The zero-order chi connectivity index (χ0) is 13.7. The van der Waals surface area contributed by atoms with Crippen LogP contribution >= 0.6 is 0 Å². The molecule has 0 unspecified atom stereocenters. The van der Waals surface area contributed by atoms with Crippen molar-refractivity contribution in [1.29, 1.82) is 0 Å². The molecule has 0 aromatic carbocycles. The molecule has 0 aromatic heterocycles. The first-order valence-corrected chi connectivity index (χ1v) is 6.19. The lowest BCUT2D eigenvalue weighted by Gasteiger charge is -2.29. The van der Waals surface area contributed by atoms with Crippen molar-refractivity contribution < 1.29 is 19.1 Å². The first-order chi connectivity index (χ1) is 8.51. The molecular weight excluding hydrogens is 236 g/mol. The number of hydrogen-bond acceptors (Lipinski definition) is 4. The zero-order valence-electron chi connectivity index (χ0n) is 11.4. The number of carbonyl (C=O) groups excluding carboxylic acids is 2. The lowest BCUT2D eigenvalue weighted by atomic mass is 10.1. The van der Waals surface area contributed by atoms with Gasteiger partial charge in [-0.05, 0) is 26.7 Å². The van der Waals surface area contributed by atoms with Gasteiger partial charge in [0.2, 0.25) is 5.91 Å². The third-order valence-electron chi connectivity index (χ3n) is 3.40. The number of nitrogens with zero attached hydrogens (tertiary/aromatic N) is 1. The summed E-state index contributed by atoms with van der Waals surface area (Å²) in [6.07, 6.45) is 0.977. The van der Waals surface area contributed by atoms with E-state index in [1.54, 1.807) is 11.8 Å². The first kappa shape index (κ1) is 14.8. The number of nitrogens with one attached hydrogen (secondary N) is 1. The minimum Gasteiger partial charge on any atom is -0.453 e. The average Bonchev–Trinajstić information content (AvgIpc) is 2.80. The van der Waals surface area contributed by atoms with E-state index in [2.05, 4.69) is 10.1 Å². The summed E-state index contributed by atoms with van der Waals surface area (Å²) in [5.41, 5.74) is 0. The molecule has 104 valence electrons. The van der Waals surface area contributed by atoms with E-state index in [-0.39, 0.29) is 11.9 Å². The third-order valence-corrected chi connectivity index (χ3v) is 3.40. The van der Waals surface area contributed by atoms with Gasteiger partial charge in [-0.15, -0.1) is 0 Å². The van der Waals surface area contributed by atoms with Crippen LogP contribution in [0.2, 0.25) is 0 Å². The lowest BCUT2D eigenvalue weighted by molar-refractivity contribution is -0.137. The molecule has 6 nitrogen and oxygen atoms in total. The Hall–Kier alpha value is -1.30. The highest BCUT2D eigenvalue weighted by molar-refractivity contribution is 5.86. The quantitative estimate of drug-likeness (QED) is 0.808. The number of ether oxygens (including phenoxy) is 2. The summed E-state index contributed by atoms with van der Waals surface area (Å²) in [5.74, 6) is -0.111. The van der Waals surface area contributed by atoms with Gasteiger partial charge in [0.25, 0.3) is 0 Å². The Morgan fingerprint density at radius 2 is 2.06 bits per heavy atom. The van der Waals surface area contributed by atoms with Crippen molar-refractivity contribution in [2.45, 2.75) is 44.9 Å². The summed E-state index contributed by atoms with van der Waals surface area (Å²) in [7, 11) is 2.78. The molecular formula is C12H22N2O4. The smallest absolute Gasteiger partial charge is 0.407 e. The van der Waals surface area contributed by atoms with Crippen LogP contribution in [0.1, 0.15) is 26.7 Å². The second-order valence-electron chi connectivity index (χ2n) is 4.58. The minimum atomic E-state index is -0.706. The van der Waals surface area contributed by atoms with Crippen LogP contribution in [0.5, 0.6) is 0 Å². The predicted molar refractivity (Wildman–Crippen MR) is 66.2 cm³/mol. The Balaban J connectivity index is 2.75. The summed E-state index contributed by atoms with van der Waals surface area (Å²) in [6.45, 7) is 4.49. The van der Waals surface area contributed by atoms with Gasteiger partial charge in [-0.1, -0.05) is 0 Å². The van der Waals surface area contributed by atoms with E-state index in [4.69, 9.17) is 4.74 Å². The van der Waals surface area contributed by atoms with Crippen molar-refractivity contribution in [3.63, 3.8) is 0 Å². The van der Waals surface area contributed by atoms with Gasteiger partial charge in [0.05, 0.1) is 13.2 Å². The molecule has 0 aliphatic carbocycles. The predicted octanol–water partition coefficient (Wildman–Crippen LogP) is 0.757. The fourth-order valence-electron chi connectivity index (χ4n) is 2.14. The van der Waals surface area contributed by atoms with Crippen molar-refractivity contribution in [2.24, 2.45) is 0 Å². The number of carbonyl (C=O) groups is 2. The van der Waals surface area contributed by atoms with Crippen LogP contribution in [0, 0.1) is 0 Å². The topological polar surface area (TPSA) is 67.9 Å². The molecule has 2 amide bonds. The Kier molecular flexibility index (Phi) is 5.40. The molecule has 0 radical (unpaired) electrons.